The van der Waals surface area contributed by atoms with Gasteiger partial charge in [0, 0.05) is 6.54 Å². The second kappa shape index (κ2) is 2.73. The zero-order valence-corrected chi connectivity index (χ0v) is 5.79. The van der Waals surface area contributed by atoms with Crippen LogP contribution in [0.4, 0.5) is 4.79 Å². The lowest BCUT2D eigenvalue weighted by molar-refractivity contribution is 0.147. The average Bonchev–Trinajstić information content (AvgIpc) is 2.33. The number of likely N-dealkylation sites (tertiary alicyclic amines) is 1. The summed E-state index contributed by atoms with van der Waals surface area (Å²) in [6.07, 6.45) is 2.75. The maximum absolute atomic E-state index is 10.4. The molecule has 0 aliphatic carbocycles. The third-order valence-electron chi connectivity index (χ3n) is 1.82. The van der Waals surface area contributed by atoms with Crippen molar-refractivity contribution in [2.24, 2.45) is 0 Å². The highest BCUT2D eigenvalue weighted by molar-refractivity contribution is 5.66. The van der Waals surface area contributed by atoms with Crippen LogP contribution in [0.1, 0.15) is 12.8 Å². The number of amides is 1. The van der Waals surface area contributed by atoms with E-state index in [1.54, 1.807) is 6.08 Å². The highest BCUT2D eigenvalue weighted by Crippen LogP contribution is 2.17. The lowest BCUT2D eigenvalue weighted by Gasteiger charge is -2.17. The van der Waals surface area contributed by atoms with E-state index >= 15 is 0 Å². The number of carboxylic acid groups (broad SMARTS) is 1. The van der Waals surface area contributed by atoms with E-state index in [2.05, 4.69) is 6.58 Å². The first-order valence-electron chi connectivity index (χ1n) is 3.38. The fourth-order valence-electron chi connectivity index (χ4n) is 1.28. The van der Waals surface area contributed by atoms with Crippen molar-refractivity contribution in [2.45, 2.75) is 18.9 Å². The van der Waals surface area contributed by atoms with Crippen molar-refractivity contribution in [1.82, 2.24) is 4.90 Å². The van der Waals surface area contributed by atoms with E-state index < -0.39 is 6.09 Å². The third-order valence-corrected chi connectivity index (χ3v) is 1.82. The van der Waals surface area contributed by atoms with Gasteiger partial charge in [-0.25, -0.2) is 4.79 Å². The standard InChI is InChI=1S/C7H11NO2/c1-2-6-4-3-5-8(6)7(9)10/h2,6H,1,3-5H2,(H,9,10)/t6-/m0/s1. The third kappa shape index (κ3) is 1.12. The molecule has 0 unspecified atom stereocenters. The van der Waals surface area contributed by atoms with Gasteiger partial charge in [-0.1, -0.05) is 6.08 Å². The zero-order chi connectivity index (χ0) is 7.56. The van der Waals surface area contributed by atoms with Gasteiger partial charge in [0.05, 0.1) is 6.04 Å². The summed E-state index contributed by atoms with van der Waals surface area (Å²) in [5, 5.41) is 8.59. The summed E-state index contributed by atoms with van der Waals surface area (Å²) in [6.45, 7) is 4.23. The average molecular weight is 141 g/mol. The first-order valence-corrected chi connectivity index (χ1v) is 3.38. The minimum atomic E-state index is -0.831. The van der Waals surface area contributed by atoms with Crippen LogP contribution in [-0.2, 0) is 0 Å². The van der Waals surface area contributed by atoms with Crippen LogP contribution >= 0.6 is 0 Å². The molecule has 56 valence electrons. The van der Waals surface area contributed by atoms with E-state index in [9.17, 15) is 4.79 Å². The second-order valence-electron chi connectivity index (χ2n) is 2.42. The highest BCUT2D eigenvalue weighted by atomic mass is 16.4. The Hall–Kier alpha value is -0.990. The molecule has 1 N–H and O–H groups in total. The maximum atomic E-state index is 10.4. The van der Waals surface area contributed by atoms with E-state index in [1.165, 1.54) is 4.90 Å². The van der Waals surface area contributed by atoms with Gasteiger partial charge in [0.1, 0.15) is 0 Å². The van der Waals surface area contributed by atoms with Crippen molar-refractivity contribution in [1.29, 1.82) is 0 Å². The minimum Gasteiger partial charge on any atom is -0.465 e. The molecule has 3 heteroatoms. The first kappa shape index (κ1) is 7.12. The number of nitrogens with zero attached hydrogens (tertiary/aromatic N) is 1. The van der Waals surface area contributed by atoms with Crippen molar-refractivity contribution in [3.05, 3.63) is 12.7 Å². The fraction of sp³-hybridized carbons (Fsp3) is 0.571. The molecule has 3 nitrogen and oxygen atoms in total. The highest BCUT2D eigenvalue weighted by Gasteiger charge is 2.25. The van der Waals surface area contributed by atoms with Crippen LogP contribution in [0.3, 0.4) is 0 Å². The van der Waals surface area contributed by atoms with Crippen molar-refractivity contribution in [2.75, 3.05) is 6.54 Å². The van der Waals surface area contributed by atoms with Gasteiger partial charge >= 0.3 is 6.09 Å². The normalized spacial score (nSPS) is 24.8. The monoisotopic (exact) mass is 141 g/mol. The molecule has 0 radical (unpaired) electrons. The topological polar surface area (TPSA) is 40.5 Å². The Labute approximate surface area is 59.9 Å². The minimum absolute atomic E-state index is 0.0532. The molecule has 1 atom stereocenters. The van der Waals surface area contributed by atoms with Crippen LogP contribution in [0.25, 0.3) is 0 Å². The van der Waals surface area contributed by atoms with Crippen LogP contribution in [-0.4, -0.2) is 28.7 Å². The van der Waals surface area contributed by atoms with Gasteiger partial charge in [-0.2, -0.15) is 0 Å². The van der Waals surface area contributed by atoms with Crippen molar-refractivity contribution < 1.29 is 9.90 Å². The molecular weight excluding hydrogens is 130 g/mol. The lowest BCUT2D eigenvalue weighted by atomic mass is 10.2. The largest absolute Gasteiger partial charge is 0.465 e. The van der Waals surface area contributed by atoms with Crippen LogP contribution in [0, 0.1) is 0 Å². The summed E-state index contributed by atoms with van der Waals surface area (Å²) in [7, 11) is 0. The molecule has 1 rings (SSSR count). The van der Waals surface area contributed by atoms with E-state index in [0.29, 0.717) is 6.54 Å². The van der Waals surface area contributed by atoms with Crippen molar-refractivity contribution in [3.63, 3.8) is 0 Å². The molecule has 0 aromatic rings. The zero-order valence-electron chi connectivity index (χ0n) is 5.79. The van der Waals surface area contributed by atoms with Crippen LogP contribution in [0.5, 0.6) is 0 Å². The van der Waals surface area contributed by atoms with Gasteiger partial charge in [-0.15, -0.1) is 6.58 Å². The number of hydrogen-bond acceptors (Lipinski definition) is 1. The summed E-state index contributed by atoms with van der Waals surface area (Å²) in [5.41, 5.74) is 0. The van der Waals surface area contributed by atoms with E-state index in [0.717, 1.165) is 12.8 Å². The Bertz CT molecular complexity index is 156. The summed E-state index contributed by atoms with van der Waals surface area (Å²) in [4.78, 5) is 11.9. The quantitative estimate of drug-likeness (QED) is 0.559. The Morgan fingerprint density at radius 2 is 2.50 bits per heavy atom. The smallest absolute Gasteiger partial charge is 0.407 e. The van der Waals surface area contributed by atoms with E-state index in [-0.39, 0.29) is 6.04 Å². The van der Waals surface area contributed by atoms with Crippen molar-refractivity contribution >= 4 is 6.09 Å². The van der Waals surface area contributed by atoms with Gasteiger partial charge in [0.15, 0.2) is 0 Å². The Balaban J connectivity index is 2.58. The Morgan fingerprint density at radius 1 is 1.80 bits per heavy atom. The van der Waals surface area contributed by atoms with Crippen LogP contribution in [0.2, 0.25) is 0 Å². The molecular formula is C7H11NO2. The SMILES string of the molecule is C=C[C@H]1CCCN1C(=O)O. The number of carbonyl (C=O) groups is 1. The lowest BCUT2D eigenvalue weighted by Crippen LogP contribution is -2.32. The molecule has 1 heterocycles. The van der Waals surface area contributed by atoms with Gasteiger partial charge in [0.2, 0.25) is 0 Å². The van der Waals surface area contributed by atoms with Gasteiger partial charge in [-0.3, -0.25) is 0 Å². The van der Waals surface area contributed by atoms with E-state index in [1.807, 2.05) is 0 Å². The predicted octanol–water partition coefficient (Wildman–Crippen LogP) is 1.31. The molecule has 0 saturated carbocycles. The summed E-state index contributed by atoms with van der Waals surface area (Å²) in [5.74, 6) is 0. The molecule has 1 amide bonds. The van der Waals surface area contributed by atoms with Crippen LogP contribution < -0.4 is 0 Å². The second-order valence-corrected chi connectivity index (χ2v) is 2.42. The molecule has 1 fully saturated rings. The first-order chi connectivity index (χ1) is 4.75. The summed E-state index contributed by atoms with van der Waals surface area (Å²) < 4.78 is 0. The maximum Gasteiger partial charge on any atom is 0.407 e. The predicted molar refractivity (Wildman–Crippen MR) is 37.9 cm³/mol. The number of hydrogen-bond donors (Lipinski definition) is 1. The molecule has 1 saturated heterocycles. The van der Waals surface area contributed by atoms with Gasteiger partial charge < -0.3 is 10.0 Å². The molecule has 0 aromatic carbocycles. The molecule has 0 bridgehead atoms. The van der Waals surface area contributed by atoms with Gasteiger partial charge in [0.25, 0.3) is 0 Å². The van der Waals surface area contributed by atoms with Gasteiger partial charge in [-0.05, 0) is 12.8 Å². The molecule has 0 spiro atoms. The molecule has 1 aliphatic heterocycles. The molecule has 0 aromatic heterocycles. The van der Waals surface area contributed by atoms with E-state index in [4.69, 9.17) is 5.11 Å². The molecule has 1 aliphatic rings. The van der Waals surface area contributed by atoms with Crippen molar-refractivity contribution in [3.8, 4) is 0 Å². The summed E-state index contributed by atoms with van der Waals surface area (Å²) in [6, 6.07) is 0.0532. The van der Waals surface area contributed by atoms with Crippen LogP contribution in [0.15, 0.2) is 12.7 Å². The summed E-state index contributed by atoms with van der Waals surface area (Å²) >= 11 is 0. The molecule has 10 heavy (non-hydrogen) atoms. The fourth-order valence-corrected chi connectivity index (χ4v) is 1.28. The Kier molecular flexibility index (Phi) is 1.94. The number of rotatable bonds is 1. The Morgan fingerprint density at radius 3 is 2.90 bits per heavy atom.